The molecule has 1 amide bonds. The summed E-state index contributed by atoms with van der Waals surface area (Å²) in [6, 6.07) is 5.28. The van der Waals surface area contributed by atoms with Crippen LogP contribution in [0.4, 0.5) is 10.9 Å². The molecule has 0 bridgehead atoms. The lowest BCUT2D eigenvalue weighted by Crippen LogP contribution is -2.29. The summed E-state index contributed by atoms with van der Waals surface area (Å²) in [4.78, 5) is 20.3. The van der Waals surface area contributed by atoms with Crippen molar-refractivity contribution in [2.75, 3.05) is 30.4 Å². The molecule has 2 aliphatic rings. The molecule has 0 saturated carbocycles. The van der Waals surface area contributed by atoms with Crippen molar-refractivity contribution in [3.05, 3.63) is 28.6 Å². The van der Waals surface area contributed by atoms with E-state index in [9.17, 15) is 9.90 Å². The Balaban J connectivity index is 1.71. The van der Waals surface area contributed by atoms with Gasteiger partial charge in [-0.3, -0.25) is 4.79 Å². The number of carbonyl (C=O) groups is 1. The Labute approximate surface area is 150 Å². The van der Waals surface area contributed by atoms with Gasteiger partial charge in [0, 0.05) is 25.4 Å². The van der Waals surface area contributed by atoms with E-state index in [2.05, 4.69) is 10.2 Å². The third-order valence-corrected chi connectivity index (χ3v) is 6.07. The molecule has 1 aromatic heterocycles. The van der Waals surface area contributed by atoms with Crippen molar-refractivity contribution in [2.45, 2.75) is 31.6 Å². The van der Waals surface area contributed by atoms with Gasteiger partial charge in [0.25, 0.3) is 0 Å². The Morgan fingerprint density at radius 1 is 1.32 bits per heavy atom. The molecule has 7 heteroatoms. The minimum Gasteiger partial charge on any atom is -0.504 e. The van der Waals surface area contributed by atoms with Crippen LogP contribution in [-0.4, -0.2) is 36.2 Å². The quantitative estimate of drug-likeness (QED) is 0.879. The molecule has 1 atom stereocenters. The molecule has 25 heavy (non-hydrogen) atoms. The predicted molar refractivity (Wildman–Crippen MR) is 97.9 cm³/mol. The molecule has 1 fully saturated rings. The number of thiazole rings is 1. The smallest absolute Gasteiger partial charge is 0.226 e. The zero-order valence-corrected chi connectivity index (χ0v) is 14.9. The molecule has 2 aromatic rings. The number of piperidine rings is 1. The number of hydrogen-bond donors (Lipinski definition) is 2. The maximum absolute atomic E-state index is 12.2. The lowest BCUT2D eigenvalue weighted by molar-refractivity contribution is -0.116. The molecular formula is C18H21N3O3S. The Bertz CT molecular complexity index is 799. The van der Waals surface area contributed by atoms with Crippen molar-refractivity contribution in [2.24, 2.45) is 0 Å². The van der Waals surface area contributed by atoms with Gasteiger partial charge in [-0.25, -0.2) is 4.98 Å². The number of aromatic hydroxyl groups is 1. The van der Waals surface area contributed by atoms with Gasteiger partial charge in [-0.2, -0.15) is 0 Å². The first-order valence-electron chi connectivity index (χ1n) is 8.58. The van der Waals surface area contributed by atoms with Crippen LogP contribution in [0.5, 0.6) is 11.5 Å². The summed E-state index contributed by atoms with van der Waals surface area (Å²) in [6.07, 6.45) is 4.03. The first kappa shape index (κ1) is 16.2. The molecule has 2 aliphatic heterocycles. The highest BCUT2D eigenvalue weighted by Crippen LogP contribution is 2.44. The number of phenolic OH excluding ortho intramolecular Hbond substituents is 1. The molecule has 0 radical (unpaired) electrons. The first-order valence-corrected chi connectivity index (χ1v) is 9.40. The fraction of sp³-hybridized carbons (Fsp3) is 0.444. The number of carbonyl (C=O) groups excluding carboxylic acids is 1. The van der Waals surface area contributed by atoms with Gasteiger partial charge in [-0.05, 0) is 37.0 Å². The maximum Gasteiger partial charge on any atom is 0.226 e. The van der Waals surface area contributed by atoms with E-state index < -0.39 is 0 Å². The second-order valence-electron chi connectivity index (χ2n) is 6.49. The predicted octanol–water partition coefficient (Wildman–Crippen LogP) is 3.32. The Hall–Kier alpha value is -2.28. The number of ether oxygens (including phenoxy) is 1. The number of methoxy groups -OCH3 is 1. The van der Waals surface area contributed by atoms with Gasteiger partial charge in [0.15, 0.2) is 16.6 Å². The molecule has 2 N–H and O–H groups in total. The number of aromatic nitrogens is 1. The number of benzene rings is 1. The molecule has 1 aromatic carbocycles. The van der Waals surface area contributed by atoms with Crippen molar-refractivity contribution >= 4 is 28.2 Å². The summed E-state index contributed by atoms with van der Waals surface area (Å²) in [5.41, 5.74) is 0.958. The van der Waals surface area contributed by atoms with Crippen LogP contribution in [0.15, 0.2) is 18.2 Å². The third-order valence-electron chi connectivity index (χ3n) is 4.84. The van der Waals surface area contributed by atoms with E-state index in [1.807, 2.05) is 12.1 Å². The molecule has 132 valence electrons. The standard InChI is InChI=1S/C18H21N3O3S/c1-24-14-9-11(5-6-13(14)22)12-10-15(23)19-17-16(12)25-18(20-17)21-7-3-2-4-8-21/h5-6,9,12,22H,2-4,7-8,10H2,1H3,(H,19,23)/t12-/m0/s1. The summed E-state index contributed by atoms with van der Waals surface area (Å²) in [5.74, 6) is 1.11. The van der Waals surface area contributed by atoms with Gasteiger partial charge < -0.3 is 20.1 Å². The van der Waals surface area contributed by atoms with Crippen LogP contribution in [0.3, 0.4) is 0 Å². The fourth-order valence-electron chi connectivity index (χ4n) is 3.51. The lowest BCUT2D eigenvalue weighted by Gasteiger charge is -2.25. The number of phenols is 1. The minimum absolute atomic E-state index is 0.0277. The second-order valence-corrected chi connectivity index (χ2v) is 7.50. The van der Waals surface area contributed by atoms with E-state index >= 15 is 0 Å². The zero-order chi connectivity index (χ0) is 17.4. The normalized spacial score (nSPS) is 20.1. The van der Waals surface area contributed by atoms with E-state index in [0.717, 1.165) is 28.7 Å². The zero-order valence-electron chi connectivity index (χ0n) is 14.1. The van der Waals surface area contributed by atoms with Gasteiger partial charge in [0.1, 0.15) is 5.82 Å². The van der Waals surface area contributed by atoms with Gasteiger partial charge in [0.2, 0.25) is 5.91 Å². The van der Waals surface area contributed by atoms with Crippen LogP contribution in [0.1, 0.15) is 42.0 Å². The van der Waals surface area contributed by atoms with Crippen LogP contribution in [0.2, 0.25) is 0 Å². The highest BCUT2D eigenvalue weighted by Gasteiger charge is 2.32. The van der Waals surface area contributed by atoms with Gasteiger partial charge >= 0.3 is 0 Å². The molecule has 0 aliphatic carbocycles. The van der Waals surface area contributed by atoms with E-state index in [4.69, 9.17) is 9.72 Å². The maximum atomic E-state index is 12.2. The van der Waals surface area contributed by atoms with Crippen molar-refractivity contribution in [3.63, 3.8) is 0 Å². The van der Waals surface area contributed by atoms with Crippen molar-refractivity contribution in [3.8, 4) is 11.5 Å². The molecule has 0 unspecified atom stereocenters. The third kappa shape index (κ3) is 3.04. The topological polar surface area (TPSA) is 74.7 Å². The van der Waals surface area contributed by atoms with E-state index in [0.29, 0.717) is 18.0 Å². The monoisotopic (exact) mass is 359 g/mol. The van der Waals surface area contributed by atoms with Gasteiger partial charge in [-0.1, -0.05) is 17.4 Å². The van der Waals surface area contributed by atoms with Crippen LogP contribution in [0.25, 0.3) is 0 Å². The lowest BCUT2D eigenvalue weighted by atomic mass is 9.91. The molecule has 4 rings (SSSR count). The van der Waals surface area contributed by atoms with Crippen LogP contribution in [-0.2, 0) is 4.79 Å². The number of amides is 1. The Morgan fingerprint density at radius 3 is 2.88 bits per heavy atom. The SMILES string of the molecule is COc1cc([C@@H]2CC(=O)Nc3nc(N4CCCCC4)sc32)ccc1O. The number of fused-ring (bicyclic) bond motifs is 1. The van der Waals surface area contributed by atoms with E-state index in [1.54, 1.807) is 17.4 Å². The average Bonchev–Trinajstić information content (AvgIpc) is 3.06. The van der Waals surface area contributed by atoms with E-state index in [-0.39, 0.29) is 17.6 Å². The number of rotatable bonds is 3. The van der Waals surface area contributed by atoms with Gasteiger partial charge in [0.05, 0.1) is 12.0 Å². The summed E-state index contributed by atoms with van der Waals surface area (Å²) < 4.78 is 5.22. The summed E-state index contributed by atoms with van der Waals surface area (Å²) >= 11 is 1.66. The highest BCUT2D eigenvalue weighted by molar-refractivity contribution is 7.16. The number of anilines is 2. The van der Waals surface area contributed by atoms with Crippen LogP contribution >= 0.6 is 11.3 Å². The van der Waals surface area contributed by atoms with Crippen molar-refractivity contribution in [1.82, 2.24) is 4.98 Å². The van der Waals surface area contributed by atoms with E-state index in [1.165, 1.54) is 26.4 Å². The molecule has 1 saturated heterocycles. The number of hydrogen-bond acceptors (Lipinski definition) is 6. The summed E-state index contributed by atoms with van der Waals surface area (Å²) in [6.45, 7) is 2.05. The number of nitrogens with one attached hydrogen (secondary N) is 1. The Morgan fingerprint density at radius 2 is 2.12 bits per heavy atom. The summed E-state index contributed by atoms with van der Waals surface area (Å²) in [7, 11) is 1.53. The molecule has 0 spiro atoms. The summed E-state index contributed by atoms with van der Waals surface area (Å²) in [5, 5.41) is 13.7. The van der Waals surface area contributed by atoms with Crippen molar-refractivity contribution < 1.29 is 14.6 Å². The van der Waals surface area contributed by atoms with Crippen molar-refractivity contribution in [1.29, 1.82) is 0 Å². The highest BCUT2D eigenvalue weighted by atomic mass is 32.1. The van der Waals surface area contributed by atoms with Crippen LogP contribution in [0, 0.1) is 0 Å². The second kappa shape index (κ2) is 6.55. The Kier molecular flexibility index (Phi) is 4.25. The first-order chi connectivity index (χ1) is 12.2. The van der Waals surface area contributed by atoms with Gasteiger partial charge in [-0.15, -0.1) is 0 Å². The molecular weight excluding hydrogens is 338 g/mol. The minimum atomic E-state index is -0.0608. The average molecular weight is 359 g/mol. The fourth-order valence-corrected chi connectivity index (χ4v) is 4.71. The van der Waals surface area contributed by atoms with Crippen LogP contribution < -0.4 is 15.0 Å². The molecule has 3 heterocycles. The number of nitrogens with zero attached hydrogens (tertiary/aromatic N) is 2. The molecule has 6 nitrogen and oxygen atoms in total. The largest absolute Gasteiger partial charge is 0.504 e.